The highest BCUT2D eigenvalue weighted by atomic mass is 16.1. The molecule has 0 atom stereocenters. The highest BCUT2D eigenvalue weighted by molar-refractivity contribution is 5.98. The van der Waals surface area contributed by atoms with E-state index < -0.39 is 0 Å². The second kappa shape index (κ2) is 4.91. The molecule has 0 saturated heterocycles. The third-order valence-corrected chi connectivity index (χ3v) is 2.71. The van der Waals surface area contributed by atoms with E-state index in [9.17, 15) is 4.79 Å². The second-order valence-electron chi connectivity index (χ2n) is 4.14. The van der Waals surface area contributed by atoms with E-state index in [4.69, 9.17) is 5.73 Å². The van der Waals surface area contributed by atoms with E-state index in [0.29, 0.717) is 17.9 Å². The number of H-pyrrole nitrogens is 1. The summed E-state index contributed by atoms with van der Waals surface area (Å²) in [5.74, 6) is -0.0618. The quantitative estimate of drug-likeness (QED) is 0.558. The molecule has 0 fully saturated rings. The summed E-state index contributed by atoms with van der Waals surface area (Å²) in [6.45, 7) is 2.81. The summed E-state index contributed by atoms with van der Waals surface area (Å²) < 4.78 is 0. The summed E-state index contributed by atoms with van der Waals surface area (Å²) >= 11 is 0. The summed E-state index contributed by atoms with van der Waals surface area (Å²) in [4.78, 5) is 14.9. The van der Waals surface area contributed by atoms with Gasteiger partial charge in [-0.25, -0.2) is 0 Å². The highest BCUT2D eigenvalue weighted by Crippen LogP contribution is 2.18. The number of aromatic nitrogens is 1. The minimum absolute atomic E-state index is 0.0618. The number of anilines is 1. The van der Waals surface area contributed by atoms with Crippen LogP contribution in [-0.4, -0.2) is 17.4 Å². The molecule has 90 valence electrons. The standard InChI is InChI=1S/C13H17N3O/c1-2-3-6-15-13(17)12-8-9-7-10(14)4-5-11(9)16-12/h4-5,7-8,16H,2-3,6,14H2,1H3,(H,15,17). The number of nitrogen functional groups attached to an aromatic ring is 1. The van der Waals surface area contributed by atoms with Crippen LogP contribution in [0.4, 0.5) is 5.69 Å². The van der Waals surface area contributed by atoms with Crippen LogP contribution in [0.15, 0.2) is 24.3 Å². The van der Waals surface area contributed by atoms with E-state index in [1.807, 2.05) is 24.3 Å². The molecule has 2 aromatic rings. The van der Waals surface area contributed by atoms with Gasteiger partial charge in [-0.05, 0) is 30.7 Å². The largest absolute Gasteiger partial charge is 0.399 e. The Morgan fingerprint density at radius 2 is 2.24 bits per heavy atom. The van der Waals surface area contributed by atoms with Crippen molar-refractivity contribution in [3.05, 3.63) is 30.0 Å². The van der Waals surface area contributed by atoms with Gasteiger partial charge in [-0.2, -0.15) is 0 Å². The van der Waals surface area contributed by atoms with Gasteiger partial charge in [0.15, 0.2) is 0 Å². The molecule has 1 amide bonds. The SMILES string of the molecule is CCCCNC(=O)c1cc2cc(N)ccc2[nH]1. The highest BCUT2D eigenvalue weighted by Gasteiger charge is 2.08. The van der Waals surface area contributed by atoms with Crippen molar-refractivity contribution in [2.75, 3.05) is 12.3 Å². The van der Waals surface area contributed by atoms with Gasteiger partial charge < -0.3 is 16.0 Å². The summed E-state index contributed by atoms with van der Waals surface area (Å²) in [6, 6.07) is 7.38. The van der Waals surface area contributed by atoms with Gasteiger partial charge >= 0.3 is 0 Å². The fourth-order valence-corrected chi connectivity index (χ4v) is 1.75. The number of carbonyl (C=O) groups is 1. The molecule has 0 unspecified atom stereocenters. The average molecular weight is 231 g/mol. The van der Waals surface area contributed by atoms with Crippen LogP contribution in [0.5, 0.6) is 0 Å². The zero-order chi connectivity index (χ0) is 12.3. The number of hydrogen-bond acceptors (Lipinski definition) is 2. The summed E-state index contributed by atoms with van der Waals surface area (Å²) in [5, 5.41) is 3.84. The number of hydrogen-bond donors (Lipinski definition) is 3. The zero-order valence-corrected chi connectivity index (χ0v) is 9.92. The van der Waals surface area contributed by atoms with Crippen molar-refractivity contribution in [1.29, 1.82) is 0 Å². The number of rotatable bonds is 4. The maximum Gasteiger partial charge on any atom is 0.267 e. The van der Waals surface area contributed by atoms with Crippen molar-refractivity contribution in [3.8, 4) is 0 Å². The number of nitrogens with two attached hydrogens (primary N) is 1. The maximum atomic E-state index is 11.8. The molecule has 4 nitrogen and oxygen atoms in total. The third-order valence-electron chi connectivity index (χ3n) is 2.71. The Bertz CT molecular complexity index is 530. The Labute approximate surface area is 100 Å². The number of nitrogens with one attached hydrogen (secondary N) is 2. The molecule has 1 heterocycles. The maximum absolute atomic E-state index is 11.8. The van der Waals surface area contributed by atoms with Crippen molar-refractivity contribution in [3.63, 3.8) is 0 Å². The van der Waals surface area contributed by atoms with Crippen molar-refractivity contribution in [2.45, 2.75) is 19.8 Å². The van der Waals surface area contributed by atoms with Crippen molar-refractivity contribution < 1.29 is 4.79 Å². The van der Waals surface area contributed by atoms with Crippen LogP contribution in [0.2, 0.25) is 0 Å². The first-order chi connectivity index (χ1) is 8.20. The third kappa shape index (κ3) is 2.58. The first-order valence-electron chi connectivity index (χ1n) is 5.87. The predicted molar refractivity (Wildman–Crippen MR) is 70.0 cm³/mol. The first kappa shape index (κ1) is 11.5. The molecular formula is C13H17N3O. The number of benzene rings is 1. The molecule has 4 heteroatoms. The minimum atomic E-state index is -0.0618. The smallest absolute Gasteiger partial charge is 0.267 e. The van der Waals surface area contributed by atoms with Crippen LogP contribution in [0.25, 0.3) is 10.9 Å². The number of aromatic amines is 1. The van der Waals surface area contributed by atoms with E-state index in [1.165, 1.54) is 0 Å². The van der Waals surface area contributed by atoms with Gasteiger partial charge in [0.1, 0.15) is 5.69 Å². The average Bonchev–Trinajstić information content (AvgIpc) is 2.72. The van der Waals surface area contributed by atoms with Gasteiger partial charge in [-0.15, -0.1) is 0 Å². The molecule has 0 aliphatic rings. The van der Waals surface area contributed by atoms with Crippen LogP contribution >= 0.6 is 0 Å². The van der Waals surface area contributed by atoms with Crippen LogP contribution in [0.3, 0.4) is 0 Å². The van der Waals surface area contributed by atoms with E-state index >= 15 is 0 Å². The van der Waals surface area contributed by atoms with Gasteiger partial charge in [0.25, 0.3) is 5.91 Å². The van der Waals surface area contributed by atoms with Gasteiger partial charge in [0.2, 0.25) is 0 Å². The second-order valence-corrected chi connectivity index (χ2v) is 4.14. The molecule has 1 aromatic heterocycles. The number of fused-ring (bicyclic) bond motifs is 1. The van der Waals surface area contributed by atoms with E-state index in [1.54, 1.807) is 0 Å². The Balaban J connectivity index is 2.15. The Morgan fingerprint density at radius 1 is 1.41 bits per heavy atom. The van der Waals surface area contributed by atoms with Crippen LogP contribution in [-0.2, 0) is 0 Å². The lowest BCUT2D eigenvalue weighted by Gasteiger charge is -2.01. The van der Waals surface area contributed by atoms with Gasteiger partial charge in [-0.1, -0.05) is 13.3 Å². The van der Waals surface area contributed by atoms with E-state index in [2.05, 4.69) is 17.2 Å². The fourth-order valence-electron chi connectivity index (χ4n) is 1.75. The molecule has 17 heavy (non-hydrogen) atoms. The van der Waals surface area contributed by atoms with Crippen molar-refractivity contribution >= 4 is 22.5 Å². The Hall–Kier alpha value is -1.97. The van der Waals surface area contributed by atoms with Crippen molar-refractivity contribution in [2.24, 2.45) is 0 Å². The van der Waals surface area contributed by atoms with Gasteiger partial charge in [0, 0.05) is 23.1 Å². The lowest BCUT2D eigenvalue weighted by Crippen LogP contribution is -2.24. The van der Waals surface area contributed by atoms with Crippen LogP contribution < -0.4 is 11.1 Å². The lowest BCUT2D eigenvalue weighted by molar-refractivity contribution is 0.0949. The van der Waals surface area contributed by atoms with Gasteiger partial charge in [-0.3, -0.25) is 4.79 Å². The lowest BCUT2D eigenvalue weighted by atomic mass is 10.2. The number of amides is 1. The molecule has 0 aliphatic heterocycles. The predicted octanol–water partition coefficient (Wildman–Crippen LogP) is 2.28. The monoisotopic (exact) mass is 231 g/mol. The molecule has 0 bridgehead atoms. The van der Waals surface area contributed by atoms with Crippen molar-refractivity contribution in [1.82, 2.24) is 10.3 Å². The summed E-state index contributed by atoms with van der Waals surface area (Å²) in [5.41, 5.74) is 7.91. The van der Waals surface area contributed by atoms with E-state index in [0.717, 1.165) is 23.7 Å². The summed E-state index contributed by atoms with van der Waals surface area (Å²) in [7, 11) is 0. The molecule has 0 spiro atoms. The van der Waals surface area contributed by atoms with Crippen LogP contribution in [0, 0.1) is 0 Å². The first-order valence-corrected chi connectivity index (χ1v) is 5.87. The molecule has 4 N–H and O–H groups in total. The molecule has 2 rings (SSSR count). The summed E-state index contributed by atoms with van der Waals surface area (Å²) in [6.07, 6.45) is 2.07. The topological polar surface area (TPSA) is 70.9 Å². The Morgan fingerprint density at radius 3 is 3.00 bits per heavy atom. The fraction of sp³-hybridized carbons (Fsp3) is 0.308. The van der Waals surface area contributed by atoms with Gasteiger partial charge in [0.05, 0.1) is 0 Å². The van der Waals surface area contributed by atoms with E-state index in [-0.39, 0.29) is 5.91 Å². The molecule has 0 radical (unpaired) electrons. The zero-order valence-electron chi connectivity index (χ0n) is 9.92. The minimum Gasteiger partial charge on any atom is -0.399 e. The van der Waals surface area contributed by atoms with Crippen LogP contribution in [0.1, 0.15) is 30.3 Å². The molecule has 1 aromatic carbocycles. The molecule has 0 saturated carbocycles. The number of unbranched alkanes of at least 4 members (excludes halogenated alkanes) is 1. The normalized spacial score (nSPS) is 10.6. The Kier molecular flexibility index (Phi) is 3.32. The molecular weight excluding hydrogens is 214 g/mol. The molecule has 0 aliphatic carbocycles. The number of carbonyl (C=O) groups excluding carboxylic acids is 1.